The standard InChI is InChI=1S/C21H16F3N3O3/c1-13-9-18(26-27(13)11-14-3-2-4-16(28)10-14)20-25-19(12-29-20)15-5-7-17(8-6-15)30-21(22,23)24/h2-10,12,28H,11H2,1H3. The zero-order valence-corrected chi connectivity index (χ0v) is 15.7. The van der Waals surface area contributed by atoms with Gasteiger partial charge in [0.2, 0.25) is 5.89 Å². The number of hydrogen-bond donors (Lipinski definition) is 1. The maximum Gasteiger partial charge on any atom is 0.573 e. The lowest BCUT2D eigenvalue weighted by atomic mass is 10.2. The number of phenols is 1. The van der Waals surface area contributed by atoms with Crippen molar-refractivity contribution in [3.8, 4) is 34.3 Å². The van der Waals surface area contributed by atoms with Crippen molar-refractivity contribution in [3.05, 3.63) is 72.1 Å². The smallest absolute Gasteiger partial charge is 0.508 e. The number of aromatic nitrogens is 3. The van der Waals surface area contributed by atoms with E-state index in [0.717, 1.165) is 11.3 Å². The number of hydrogen-bond acceptors (Lipinski definition) is 5. The normalized spacial score (nSPS) is 11.6. The van der Waals surface area contributed by atoms with Gasteiger partial charge in [-0.3, -0.25) is 4.68 Å². The van der Waals surface area contributed by atoms with E-state index in [1.807, 2.05) is 19.1 Å². The second kappa shape index (κ2) is 7.58. The molecule has 4 rings (SSSR count). The lowest BCUT2D eigenvalue weighted by Gasteiger charge is -2.08. The minimum absolute atomic E-state index is 0.182. The van der Waals surface area contributed by atoms with Gasteiger partial charge in [-0.2, -0.15) is 5.10 Å². The average Bonchev–Trinajstić information content (AvgIpc) is 3.29. The summed E-state index contributed by atoms with van der Waals surface area (Å²) in [5.41, 5.74) is 3.33. The topological polar surface area (TPSA) is 73.3 Å². The summed E-state index contributed by atoms with van der Waals surface area (Å²) >= 11 is 0. The molecule has 4 aromatic rings. The fraction of sp³-hybridized carbons (Fsp3) is 0.143. The molecule has 0 aliphatic carbocycles. The van der Waals surface area contributed by atoms with Crippen LogP contribution in [0.4, 0.5) is 13.2 Å². The highest BCUT2D eigenvalue weighted by Crippen LogP contribution is 2.28. The molecule has 6 nitrogen and oxygen atoms in total. The third-order valence-electron chi connectivity index (χ3n) is 4.33. The fourth-order valence-corrected chi connectivity index (χ4v) is 2.95. The summed E-state index contributed by atoms with van der Waals surface area (Å²) in [5.74, 6) is 0.163. The van der Waals surface area contributed by atoms with Crippen LogP contribution in [0.2, 0.25) is 0 Å². The predicted molar refractivity (Wildman–Crippen MR) is 102 cm³/mol. The summed E-state index contributed by atoms with van der Waals surface area (Å²) in [4.78, 5) is 4.39. The van der Waals surface area contributed by atoms with E-state index in [4.69, 9.17) is 4.42 Å². The predicted octanol–water partition coefficient (Wildman–Crippen LogP) is 5.17. The number of aryl methyl sites for hydroxylation is 1. The summed E-state index contributed by atoms with van der Waals surface area (Å²) in [7, 11) is 0. The van der Waals surface area contributed by atoms with Crippen LogP contribution in [0.25, 0.3) is 22.8 Å². The van der Waals surface area contributed by atoms with Gasteiger partial charge in [0, 0.05) is 11.3 Å². The molecule has 1 N–H and O–H groups in total. The van der Waals surface area contributed by atoms with Crippen molar-refractivity contribution in [1.29, 1.82) is 0 Å². The maximum atomic E-state index is 12.3. The molecular formula is C21H16F3N3O3. The van der Waals surface area contributed by atoms with Crippen LogP contribution in [0.3, 0.4) is 0 Å². The Morgan fingerprint density at radius 2 is 1.83 bits per heavy atom. The summed E-state index contributed by atoms with van der Waals surface area (Å²) in [6.07, 6.45) is -3.32. The van der Waals surface area contributed by atoms with Gasteiger partial charge >= 0.3 is 6.36 Å². The highest BCUT2D eigenvalue weighted by atomic mass is 19.4. The summed E-state index contributed by atoms with van der Waals surface area (Å²) < 4.78 is 48.0. The van der Waals surface area contributed by atoms with E-state index < -0.39 is 6.36 Å². The van der Waals surface area contributed by atoms with Crippen LogP contribution in [-0.4, -0.2) is 26.2 Å². The van der Waals surface area contributed by atoms with Crippen molar-refractivity contribution < 1.29 is 27.4 Å². The minimum atomic E-state index is -4.74. The van der Waals surface area contributed by atoms with E-state index in [0.29, 0.717) is 29.4 Å². The summed E-state index contributed by atoms with van der Waals surface area (Å²) in [6, 6.07) is 14.1. The number of halogens is 3. The lowest BCUT2D eigenvalue weighted by molar-refractivity contribution is -0.274. The molecule has 9 heteroatoms. The Morgan fingerprint density at radius 3 is 2.53 bits per heavy atom. The molecule has 0 unspecified atom stereocenters. The first-order chi connectivity index (χ1) is 14.3. The second-order valence-corrected chi connectivity index (χ2v) is 6.61. The van der Waals surface area contributed by atoms with Gasteiger partial charge in [-0.25, -0.2) is 4.98 Å². The third-order valence-corrected chi connectivity index (χ3v) is 4.33. The molecular weight excluding hydrogens is 399 g/mol. The molecule has 0 bridgehead atoms. The molecule has 2 aromatic carbocycles. The molecule has 0 radical (unpaired) electrons. The molecule has 0 atom stereocenters. The number of alkyl halides is 3. The van der Waals surface area contributed by atoms with Crippen LogP contribution in [0.15, 0.2) is 65.3 Å². The maximum absolute atomic E-state index is 12.3. The first kappa shape index (κ1) is 19.6. The van der Waals surface area contributed by atoms with Crippen LogP contribution in [0, 0.1) is 6.92 Å². The van der Waals surface area contributed by atoms with Crippen LogP contribution in [0.1, 0.15) is 11.3 Å². The van der Waals surface area contributed by atoms with Crippen LogP contribution in [-0.2, 0) is 6.54 Å². The van der Waals surface area contributed by atoms with E-state index in [9.17, 15) is 18.3 Å². The average molecular weight is 415 g/mol. The Hall–Kier alpha value is -3.75. The van der Waals surface area contributed by atoms with Crippen molar-refractivity contribution in [2.24, 2.45) is 0 Å². The van der Waals surface area contributed by atoms with Gasteiger partial charge in [0.25, 0.3) is 0 Å². The first-order valence-corrected chi connectivity index (χ1v) is 8.91. The van der Waals surface area contributed by atoms with Gasteiger partial charge in [-0.15, -0.1) is 13.2 Å². The van der Waals surface area contributed by atoms with E-state index in [1.165, 1.54) is 30.5 Å². The van der Waals surface area contributed by atoms with Crippen LogP contribution in [0.5, 0.6) is 11.5 Å². The van der Waals surface area contributed by atoms with Crippen molar-refractivity contribution in [3.63, 3.8) is 0 Å². The molecule has 30 heavy (non-hydrogen) atoms. The fourth-order valence-electron chi connectivity index (χ4n) is 2.95. The van der Waals surface area contributed by atoms with Crippen molar-refractivity contribution >= 4 is 0 Å². The Bertz CT molecular complexity index is 1160. The molecule has 0 fully saturated rings. The molecule has 0 saturated heterocycles. The molecule has 2 heterocycles. The Balaban J connectivity index is 1.53. The molecule has 2 aromatic heterocycles. The first-order valence-electron chi connectivity index (χ1n) is 8.91. The van der Waals surface area contributed by atoms with Gasteiger partial charge in [0.05, 0.1) is 6.54 Å². The molecule has 0 aliphatic rings. The van der Waals surface area contributed by atoms with E-state index in [1.54, 1.807) is 22.9 Å². The monoisotopic (exact) mass is 415 g/mol. The molecule has 0 spiro atoms. The molecule has 0 amide bonds. The van der Waals surface area contributed by atoms with Crippen LogP contribution < -0.4 is 4.74 Å². The lowest BCUT2D eigenvalue weighted by Crippen LogP contribution is -2.16. The highest BCUT2D eigenvalue weighted by molar-refractivity contribution is 5.62. The van der Waals surface area contributed by atoms with Gasteiger partial charge in [0.15, 0.2) is 0 Å². The summed E-state index contributed by atoms with van der Waals surface area (Å²) in [5, 5.41) is 14.1. The number of benzene rings is 2. The van der Waals surface area contributed by atoms with E-state index in [-0.39, 0.29) is 11.5 Å². The number of aromatic hydroxyl groups is 1. The van der Waals surface area contributed by atoms with Gasteiger partial charge in [0.1, 0.15) is 29.2 Å². The van der Waals surface area contributed by atoms with Crippen molar-refractivity contribution in [2.75, 3.05) is 0 Å². The number of ether oxygens (including phenoxy) is 1. The largest absolute Gasteiger partial charge is 0.573 e. The Kier molecular flexibility index (Phi) is 4.94. The van der Waals surface area contributed by atoms with E-state index in [2.05, 4.69) is 14.8 Å². The number of phenolic OH excluding ortho intramolecular Hbond substituents is 1. The van der Waals surface area contributed by atoms with Crippen molar-refractivity contribution in [1.82, 2.24) is 14.8 Å². The number of rotatable bonds is 5. The minimum Gasteiger partial charge on any atom is -0.508 e. The number of oxazole rings is 1. The quantitative estimate of drug-likeness (QED) is 0.487. The van der Waals surface area contributed by atoms with Gasteiger partial charge < -0.3 is 14.3 Å². The zero-order chi connectivity index (χ0) is 21.3. The Labute approximate surface area is 169 Å². The molecule has 154 valence electrons. The SMILES string of the molecule is Cc1cc(-c2nc(-c3ccc(OC(F)(F)F)cc3)co2)nn1Cc1cccc(O)c1. The van der Waals surface area contributed by atoms with Crippen molar-refractivity contribution in [2.45, 2.75) is 19.8 Å². The van der Waals surface area contributed by atoms with Crippen LogP contribution >= 0.6 is 0 Å². The van der Waals surface area contributed by atoms with E-state index >= 15 is 0 Å². The Morgan fingerprint density at radius 1 is 1.07 bits per heavy atom. The summed E-state index contributed by atoms with van der Waals surface area (Å²) in [6.45, 7) is 2.36. The molecule has 0 aliphatic heterocycles. The highest BCUT2D eigenvalue weighted by Gasteiger charge is 2.31. The zero-order valence-electron chi connectivity index (χ0n) is 15.7. The van der Waals surface area contributed by atoms with Gasteiger partial charge in [-0.05, 0) is 55.0 Å². The number of nitrogens with zero attached hydrogens (tertiary/aromatic N) is 3. The van der Waals surface area contributed by atoms with Gasteiger partial charge in [-0.1, -0.05) is 12.1 Å². The third kappa shape index (κ3) is 4.45. The molecule has 0 saturated carbocycles. The second-order valence-electron chi connectivity index (χ2n) is 6.61.